The fraction of sp³-hybridized carbons (Fsp3) is 0.480. The van der Waals surface area contributed by atoms with Crippen molar-refractivity contribution in [2.75, 3.05) is 6.54 Å². The summed E-state index contributed by atoms with van der Waals surface area (Å²) in [5.41, 5.74) is 0.896. The Kier molecular flexibility index (Phi) is 7.70. The second-order valence-corrected chi connectivity index (χ2v) is 11.3. The van der Waals surface area contributed by atoms with Gasteiger partial charge in [-0.3, -0.25) is 14.6 Å². The molecule has 1 aliphatic carbocycles. The number of pyridine rings is 1. The van der Waals surface area contributed by atoms with E-state index in [4.69, 9.17) is 11.6 Å². The van der Waals surface area contributed by atoms with Gasteiger partial charge in [0.25, 0.3) is 0 Å². The Morgan fingerprint density at radius 3 is 2.65 bits per heavy atom. The lowest BCUT2D eigenvalue weighted by atomic mass is 9.74. The van der Waals surface area contributed by atoms with Gasteiger partial charge >= 0.3 is 5.97 Å². The molecular weight excluding hydrogens is 474 g/mol. The Labute approximate surface area is 207 Å². The lowest BCUT2D eigenvalue weighted by Crippen LogP contribution is -2.56. The summed E-state index contributed by atoms with van der Waals surface area (Å²) in [5, 5.41) is 10.1. The first kappa shape index (κ1) is 24.8. The Morgan fingerprint density at radius 2 is 2.03 bits per heavy atom. The molecule has 2 aliphatic rings. The molecule has 34 heavy (non-hydrogen) atoms. The summed E-state index contributed by atoms with van der Waals surface area (Å²) in [6.45, 7) is 2.14. The van der Waals surface area contributed by atoms with Crippen molar-refractivity contribution < 1.29 is 18.9 Å². The molecule has 4 atom stereocenters. The molecule has 1 aliphatic heterocycles. The van der Waals surface area contributed by atoms with Crippen LogP contribution in [0.1, 0.15) is 56.2 Å². The zero-order chi connectivity index (χ0) is 24.3. The van der Waals surface area contributed by atoms with Crippen molar-refractivity contribution in [3.05, 3.63) is 64.9 Å². The van der Waals surface area contributed by atoms with Crippen LogP contribution >= 0.6 is 11.6 Å². The van der Waals surface area contributed by atoms with Crippen LogP contribution in [0, 0.1) is 11.3 Å². The van der Waals surface area contributed by atoms with Crippen molar-refractivity contribution in [1.29, 1.82) is 0 Å². The summed E-state index contributed by atoms with van der Waals surface area (Å²) in [6.07, 6.45) is 6.32. The summed E-state index contributed by atoms with van der Waals surface area (Å²) in [6, 6.07) is 10.9. The Bertz CT molecular complexity index is 1050. The molecule has 0 bridgehead atoms. The maximum atomic E-state index is 13.9. The van der Waals surface area contributed by atoms with Gasteiger partial charge < -0.3 is 10.0 Å². The van der Waals surface area contributed by atoms with Crippen molar-refractivity contribution in [1.82, 2.24) is 14.6 Å². The number of carbonyl (C=O) groups is 2. The molecule has 1 saturated heterocycles. The first-order valence-electron chi connectivity index (χ1n) is 11.6. The highest BCUT2D eigenvalue weighted by Gasteiger charge is 2.50. The normalized spacial score (nSPS) is 24.6. The lowest BCUT2D eigenvalue weighted by molar-refractivity contribution is -0.159. The third-order valence-corrected chi connectivity index (χ3v) is 8.19. The summed E-state index contributed by atoms with van der Waals surface area (Å²) in [5.74, 6) is -0.484. The van der Waals surface area contributed by atoms with Gasteiger partial charge in [-0.15, -0.1) is 0 Å². The van der Waals surface area contributed by atoms with Gasteiger partial charge in [-0.2, -0.15) is 0 Å². The molecule has 2 unspecified atom stereocenters. The van der Waals surface area contributed by atoms with E-state index >= 15 is 0 Å². The van der Waals surface area contributed by atoms with E-state index in [1.165, 1.54) is 0 Å². The Morgan fingerprint density at radius 1 is 1.29 bits per heavy atom. The van der Waals surface area contributed by atoms with Crippen LogP contribution in [-0.4, -0.2) is 43.7 Å². The maximum absolute atomic E-state index is 13.9. The number of piperidine rings is 1. The molecule has 2 heterocycles. The summed E-state index contributed by atoms with van der Waals surface area (Å²) < 4.78 is 15.9. The van der Waals surface area contributed by atoms with Crippen LogP contribution in [0.2, 0.25) is 5.02 Å². The molecular formula is C25H30ClN3O4S. The largest absolute Gasteiger partial charge is 0.481 e. The quantitative estimate of drug-likeness (QED) is 0.508. The van der Waals surface area contributed by atoms with Crippen molar-refractivity contribution in [2.24, 2.45) is 11.3 Å². The lowest BCUT2D eigenvalue weighted by Gasteiger charge is -2.48. The number of carboxylic acid groups (broad SMARTS) is 1. The molecule has 4 rings (SSSR count). The molecule has 1 aromatic carbocycles. The topological polar surface area (TPSA) is 99.6 Å². The minimum absolute atomic E-state index is 0.141. The molecule has 2 fully saturated rings. The van der Waals surface area contributed by atoms with Crippen LogP contribution in [0.15, 0.2) is 48.8 Å². The molecule has 0 spiro atoms. The van der Waals surface area contributed by atoms with Crippen LogP contribution in [-0.2, 0) is 26.3 Å². The summed E-state index contributed by atoms with van der Waals surface area (Å²) in [4.78, 5) is 31.4. The molecule has 0 radical (unpaired) electrons. The van der Waals surface area contributed by atoms with Crippen molar-refractivity contribution in [3.8, 4) is 0 Å². The van der Waals surface area contributed by atoms with Crippen molar-refractivity contribution >= 4 is 34.5 Å². The standard InChI is InChI=1S/C25H30ClN3O4S/c1-25(13-23(30)31)11-10-21(18-6-8-20(26)9-7-18)29(24(25)32)22(19-4-5-19)15-28-34(33)16-17-3-2-12-27-14-17/h2-3,6-9,12,14,19,21-22,28H,4-5,10-11,13,15-16H2,1H3,(H,30,31)/t21-,22?,25+,34?/m0/s1. The average Bonchev–Trinajstić information content (AvgIpc) is 3.63. The van der Waals surface area contributed by atoms with Gasteiger partial charge in [0.05, 0.1) is 34.6 Å². The van der Waals surface area contributed by atoms with E-state index in [0.717, 1.165) is 24.0 Å². The number of aromatic nitrogens is 1. The molecule has 1 amide bonds. The number of nitrogens with zero attached hydrogens (tertiary/aromatic N) is 2. The first-order chi connectivity index (χ1) is 16.3. The summed E-state index contributed by atoms with van der Waals surface area (Å²) >= 11 is 6.10. The number of amides is 1. The molecule has 2 N–H and O–H groups in total. The number of carbonyl (C=O) groups excluding carboxylic acids is 1. The van der Waals surface area contributed by atoms with Crippen LogP contribution in [0.5, 0.6) is 0 Å². The van der Waals surface area contributed by atoms with E-state index in [9.17, 15) is 18.9 Å². The van der Waals surface area contributed by atoms with E-state index in [1.807, 2.05) is 41.3 Å². The molecule has 1 aromatic heterocycles. The first-order valence-corrected chi connectivity index (χ1v) is 13.3. The number of benzene rings is 1. The van der Waals surface area contributed by atoms with Crippen LogP contribution in [0.3, 0.4) is 0 Å². The van der Waals surface area contributed by atoms with Gasteiger partial charge in [-0.05, 0) is 60.9 Å². The van der Waals surface area contributed by atoms with E-state index in [2.05, 4.69) is 9.71 Å². The molecule has 9 heteroatoms. The number of likely N-dealkylation sites (tertiary alicyclic amines) is 1. The minimum Gasteiger partial charge on any atom is -0.481 e. The number of aliphatic carboxylic acids is 1. The predicted octanol–water partition coefficient (Wildman–Crippen LogP) is 4.11. The fourth-order valence-electron chi connectivity index (χ4n) is 4.88. The number of halogens is 1. The number of nitrogens with one attached hydrogen (secondary N) is 1. The van der Waals surface area contributed by atoms with E-state index in [-0.39, 0.29) is 24.4 Å². The van der Waals surface area contributed by atoms with Gasteiger partial charge in [0, 0.05) is 30.0 Å². The Balaban J connectivity index is 1.58. The van der Waals surface area contributed by atoms with Gasteiger partial charge in [0.2, 0.25) is 5.91 Å². The van der Waals surface area contributed by atoms with E-state index < -0.39 is 22.4 Å². The smallest absolute Gasteiger partial charge is 0.304 e. The number of carboxylic acids is 1. The number of hydrogen-bond acceptors (Lipinski definition) is 4. The number of rotatable bonds is 10. The highest BCUT2D eigenvalue weighted by Crippen LogP contribution is 2.47. The predicted molar refractivity (Wildman–Crippen MR) is 131 cm³/mol. The maximum Gasteiger partial charge on any atom is 0.304 e. The van der Waals surface area contributed by atoms with Crippen LogP contribution < -0.4 is 4.72 Å². The molecule has 1 saturated carbocycles. The van der Waals surface area contributed by atoms with Gasteiger partial charge in [-0.1, -0.05) is 36.7 Å². The second-order valence-electron chi connectivity index (χ2n) is 9.55. The zero-order valence-corrected chi connectivity index (χ0v) is 20.7. The molecule has 7 nitrogen and oxygen atoms in total. The van der Waals surface area contributed by atoms with E-state index in [1.54, 1.807) is 19.3 Å². The van der Waals surface area contributed by atoms with Crippen LogP contribution in [0.4, 0.5) is 0 Å². The molecule has 2 aromatic rings. The third-order valence-electron chi connectivity index (χ3n) is 6.85. The van der Waals surface area contributed by atoms with Gasteiger partial charge in [0.15, 0.2) is 0 Å². The highest BCUT2D eigenvalue weighted by molar-refractivity contribution is 7.82. The summed E-state index contributed by atoms with van der Waals surface area (Å²) in [7, 11) is -1.32. The second kappa shape index (κ2) is 10.5. The SMILES string of the molecule is C[C@]1(CC(=O)O)CC[C@@H](c2ccc(Cl)cc2)N(C(CNS(=O)Cc2cccnc2)C2CC2)C1=O. The van der Waals surface area contributed by atoms with Gasteiger partial charge in [0.1, 0.15) is 0 Å². The average molecular weight is 504 g/mol. The minimum atomic E-state index is -1.32. The van der Waals surface area contributed by atoms with E-state index in [0.29, 0.717) is 36.1 Å². The van der Waals surface area contributed by atoms with Gasteiger partial charge in [-0.25, -0.2) is 8.93 Å². The highest BCUT2D eigenvalue weighted by atomic mass is 35.5. The molecule has 182 valence electrons. The van der Waals surface area contributed by atoms with Crippen LogP contribution in [0.25, 0.3) is 0 Å². The zero-order valence-electron chi connectivity index (χ0n) is 19.2. The van der Waals surface area contributed by atoms with Crippen molar-refractivity contribution in [2.45, 2.75) is 56.9 Å². The van der Waals surface area contributed by atoms with Crippen molar-refractivity contribution in [3.63, 3.8) is 0 Å². The monoisotopic (exact) mass is 503 g/mol. The number of hydrogen-bond donors (Lipinski definition) is 2. The fourth-order valence-corrected chi connectivity index (χ4v) is 5.94. The third kappa shape index (κ3) is 5.85. The Hall–Kier alpha value is -2.29.